The number of nitrogens with zero attached hydrogens (tertiary/aromatic N) is 3. The molecular weight excluding hydrogens is 326 g/mol. The molecule has 2 aromatic heterocycles. The van der Waals surface area contributed by atoms with Crippen LogP contribution in [-0.2, 0) is 11.3 Å². The zero-order chi connectivity index (χ0) is 17.9. The van der Waals surface area contributed by atoms with E-state index < -0.39 is 0 Å². The van der Waals surface area contributed by atoms with Gasteiger partial charge in [0.1, 0.15) is 12.0 Å². The molecule has 0 unspecified atom stereocenters. The molecule has 136 valence electrons. The Morgan fingerprint density at radius 1 is 1.23 bits per heavy atom. The van der Waals surface area contributed by atoms with Gasteiger partial charge in [-0.3, -0.25) is 0 Å². The number of rotatable bonds is 6. The highest BCUT2D eigenvalue weighted by Gasteiger charge is 2.31. The van der Waals surface area contributed by atoms with Crippen molar-refractivity contribution in [3.8, 4) is 11.5 Å². The Hall–Kier alpha value is -2.40. The van der Waals surface area contributed by atoms with E-state index in [4.69, 9.17) is 9.15 Å². The highest BCUT2D eigenvalue weighted by molar-refractivity contribution is 5.48. The molecule has 1 aliphatic carbocycles. The largest absolute Gasteiger partial charge is 0.448 e. The van der Waals surface area contributed by atoms with E-state index in [1.807, 2.05) is 18.5 Å². The molecule has 0 aliphatic heterocycles. The average Bonchev–Trinajstić information content (AvgIpc) is 3.38. The molecule has 3 aromatic rings. The number of hydrogen-bond acceptors (Lipinski definition) is 4. The molecule has 1 aromatic carbocycles. The van der Waals surface area contributed by atoms with Gasteiger partial charge >= 0.3 is 0 Å². The molecule has 4 rings (SSSR count). The molecule has 26 heavy (non-hydrogen) atoms. The van der Waals surface area contributed by atoms with Crippen LogP contribution in [0.3, 0.4) is 0 Å². The maximum Gasteiger partial charge on any atom is 0.197 e. The predicted molar refractivity (Wildman–Crippen MR) is 99.7 cm³/mol. The third-order valence-electron chi connectivity index (χ3n) is 5.00. The standard InChI is InChI=1S/C21H25N3O2/c1-15(2)21-23-17(14-26-21)20-22-11-12-24(20)18-9-6-10-19(18)25-13-16-7-4-3-5-8-16/h3-5,7-8,11-12,14-15,18-19H,6,9-10,13H2,1-2H3/t18-,19-/m1/s1. The summed E-state index contributed by atoms with van der Waals surface area (Å²) in [6.07, 6.45) is 9.11. The summed E-state index contributed by atoms with van der Waals surface area (Å²) in [4.78, 5) is 9.15. The van der Waals surface area contributed by atoms with Crippen LogP contribution in [0, 0.1) is 0 Å². The summed E-state index contributed by atoms with van der Waals surface area (Å²) < 4.78 is 14.1. The average molecular weight is 351 g/mol. The van der Waals surface area contributed by atoms with E-state index in [-0.39, 0.29) is 18.1 Å². The van der Waals surface area contributed by atoms with E-state index in [0.717, 1.165) is 36.7 Å². The lowest BCUT2D eigenvalue weighted by molar-refractivity contribution is 0.0198. The van der Waals surface area contributed by atoms with Crippen LogP contribution in [-0.4, -0.2) is 20.6 Å². The summed E-state index contributed by atoms with van der Waals surface area (Å²) in [5.74, 6) is 1.87. The second kappa shape index (κ2) is 7.46. The van der Waals surface area contributed by atoms with Crippen molar-refractivity contribution in [2.75, 3.05) is 0 Å². The summed E-state index contributed by atoms with van der Waals surface area (Å²) in [6, 6.07) is 10.6. The maximum absolute atomic E-state index is 6.27. The molecule has 0 bridgehead atoms. The smallest absolute Gasteiger partial charge is 0.197 e. The number of benzene rings is 1. The third-order valence-corrected chi connectivity index (χ3v) is 5.00. The number of oxazole rings is 1. The van der Waals surface area contributed by atoms with Gasteiger partial charge in [0.05, 0.1) is 18.8 Å². The molecule has 1 aliphatic rings. The lowest BCUT2D eigenvalue weighted by atomic mass is 10.2. The van der Waals surface area contributed by atoms with Gasteiger partial charge in [0.25, 0.3) is 0 Å². The van der Waals surface area contributed by atoms with Crippen molar-refractivity contribution in [1.82, 2.24) is 14.5 Å². The van der Waals surface area contributed by atoms with Crippen molar-refractivity contribution in [1.29, 1.82) is 0 Å². The Bertz CT molecular complexity index is 838. The van der Waals surface area contributed by atoms with Crippen LogP contribution < -0.4 is 0 Å². The summed E-state index contributed by atoms with van der Waals surface area (Å²) >= 11 is 0. The Kier molecular flexibility index (Phi) is 4.89. The van der Waals surface area contributed by atoms with Crippen molar-refractivity contribution in [2.24, 2.45) is 0 Å². The molecule has 5 nitrogen and oxygen atoms in total. The second-order valence-electron chi connectivity index (χ2n) is 7.22. The molecule has 0 amide bonds. The van der Waals surface area contributed by atoms with Gasteiger partial charge < -0.3 is 13.7 Å². The van der Waals surface area contributed by atoms with Gasteiger partial charge in [-0.05, 0) is 24.8 Å². The van der Waals surface area contributed by atoms with Gasteiger partial charge in [-0.25, -0.2) is 9.97 Å². The highest BCUT2D eigenvalue weighted by atomic mass is 16.5. The molecular formula is C21H25N3O2. The number of aromatic nitrogens is 3. The fraction of sp³-hybridized carbons (Fsp3) is 0.429. The Labute approximate surface area is 154 Å². The fourth-order valence-electron chi connectivity index (χ4n) is 3.63. The van der Waals surface area contributed by atoms with E-state index >= 15 is 0 Å². The number of ether oxygens (including phenoxy) is 1. The Balaban J connectivity index is 1.52. The molecule has 0 N–H and O–H groups in total. The maximum atomic E-state index is 6.27. The van der Waals surface area contributed by atoms with Gasteiger partial charge in [-0.15, -0.1) is 0 Å². The summed E-state index contributed by atoms with van der Waals surface area (Å²) in [7, 11) is 0. The summed E-state index contributed by atoms with van der Waals surface area (Å²) in [6.45, 7) is 4.80. The third kappa shape index (κ3) is 3.44. The van der Waals surface area contributed by atoms with Crippen molar-refractivity contribution in [3.05, 3.63) is 60.4 Å². The van der Waals surface area contributed by atoms with E-state index in [0.29, 0.717) is 6.61 Å². The van der Waals surface area contributed by atoms with Crippen molar-refractivity contribution < 1.29 is 9.15 Å². The topological polar surface area (TPSA) is 53.1 Å². The normalized spacial score (nSPS) is 20.1. The van der Waals surface area contributed by atoms with Crippen LogP contribution >= 0.6 is 0 Å². The minimum Gasteiger partial charge on any atom is -0.448 e. The summed E-state index contributed by atoms with van der Waals surface area (Å²) in [5, 5.41) is 0. The zero-order valence-electron chi connectivity index (χ0n) is 15.3. The van der Waals surface area contributed by atoms with E-state index in [1.54, 1.807) is 6.26 Å². The molecule has 2 heterocycles. The van der Waals surface area contributed by atoms with Crippen LogP contribution in [0.5, 0.6) is 0 Å². The van der Waals surface area contributed by atoms with E-state index in [9.17, 15) is 0 Å². The second-order valence-corrected chi connectivity index (χ2v) is 7.22. The Morgan fingerprint density at radius 3 is 2.85 bits per heavy atom. The van der Waals surface area contributed by atoms with Crippen molar-refractivity contribution >= 4 is 0 Å². The molecule has 1 saturated carbocycles. The van der Waals surface area contributed by atoms with Gasteiger partial charge in [0, 0.05) is 18.3 Å². The van der Waals surface area contributed by atoms with E-state index in [1.165, 1.54) is 5.56 Å². The minimum absolute atomic E-state index is 0.194. The Morgan fingerprint density at radius 2 is 2.08 bits per heavy atom. The van der Waals surface area contributed by atoms with Gasteiger partial charge in [-0.2, -0.15) is 0 Å². The van der Waals surface area contributed by atoms with Gasteiger partial charge in [0.2, 0.25) is 0 Å². The number of hydrogen-bond donors (Lipinski definition) is 0. The van der Waals surface area contributed by atoms with Crippen LogP contribution in [0.1, 0.15) is 56.5 Å². The number of imidazole rings is 1. The minimum atomic E-state index is 0.194. The lowest BCUT2D eigenvalue weighted by Gasteiger charge is -2.23. The van der Waals surface area contributed by atoms with Crippen LogP contribution in [0.15, 0.2) is 53.4 Å². The molecule has 0 radical (unpaired) electrons. The first-order valence-electron chi connectivity index (χ1n) is 9.36. The molecule has 2 atom stereocenters. The SMILES string of the molecule is CC(C)c1nc(-c2nccn2[C@@H]2CCC[C@H]2OCc2ccccc2)co1. The lowest BCUT2D eigenvalue weighted by Crippen LogP contribution is -2.22. The van der Waals surface area contributed by atoms with Crippen LogP contribution in [0.4, 0.5) is 0 Å². The van der Waals surface area contributed by atoms with Gasteiger partial charge in [-0.1, -0.05) is 44.2 Å². The molecule has 0 spiro atoms. The summed E-state index contributed by atoms with van der Waals surface area (Å²) in [5.41, 5.74) is 2.01. The van der Waals surface area contributed by atoms with Crippen molar-refractivity contribution in [3.63, 3.8) is 0 Å². The first-order chi connectivity index (χ1) is 12.7. The van der Waals surface area contributed by atoms with Crippen LogP contribution in [0.2, 0.25) is 0 Å². The predicted octanol–water partition coefficient (Wildman–Crippen LogP) is 4.97. The first kappa shape index (κ1) is 17.0. The fourth-order valence-corrected chi connectivity index (χ4v) is 3.63. The quantitative estimate of drug-likeness (QED) is 0.629. The molecule has 5 heteroatoms. The zero-order valence-corrected chi connectivity index (χ0v) is 15.3. The van der Waals surface area contributed by atoms with Gasteiger partial charge in [0.15, 0.2) is 11.7 Å². The molecule has 1 fully saturated rings. The van der Waals surface area contributed by atoms with Crippen molar-refractivity contribution in [2.45, 2.75) is 57.8 Å². The first-order valence-corrected chi connectivity index (χ1v) is 9.36. The monoisotopic (exact) mass is 351 g/mol. The van der Waals surface area contributed by atoms with Crippen LogP contribution in [0.25, 0.3) is 11.5 Å². The molecule has 0 saturated heterocycles. The highest BCUT2D eigenvalue weighted by Crippen LogP contribution is 2.36. The van der Waals surface area contributed by atoms with E-state index in [2.05, 4.69) is 52.6 Å².